The van der Waals surface area contributed by atoms with Crippen LogP contribution in [-0.4, -0.2) is 35.9 Å². The highest BCUT2D eigenvalue weighted by atomic mass is 16.2. The Kier molecular flexibility index (Phi) is 3.84. The van der Waals surface area contributed by atoms with Crippen molar-refractivity contribution < 1.29 is 4.79 Å². The summed E-state index contributed by atoms with van der Waals surface area (Å²) in [5, 5.41) is 3.40. The second-order valence-electron chi connectivity index (χ2n) is 5.26. The Labute approximate surface area is 108 Å². The summed E-state index contributed by atoms with van der Waals surface area (Å²) < 4.78 is 0. The van der Waals surface area contributed by atoms with Crippen molar-refractivity contribution >= 4 is 11.7 Å². The molecular weight excluding hydrogens is 226 g/mol. The molecule has 1 aliphatic carbocycles. The highest BCUT2D eigenvalue weighted by molar-refractivity contribution is 5.93. The van der Waals surface area contributed by atoms with E-state index in [0.717, 1.165) is 11.7 Å². The van der Waals surface area contributed by atoms with Gasteiger partial charge >= 0.3 is 0 Å². The van der Waals surface area contributed by atoms with Crippen LogP contribution in [0.5, 0.6) is 0 Å². The fourth-order valence-corrected chi connectivity index (χ4v) is 2.15. The standard InChI is InChI=1S/C14H21N3O/c1-10(11-5-4-6-11)16-13-8-7-12(9-15-13)14(18)17(2)3/h7-11H,4-6H2,1-3H3,(H,15,16). The van der Waals surface area contributed by atoms with Gasteiger partial charge in [0.25, 0.3) is 5.91 Å². The van der Waals surface area contributed by atoms with Crippen molar-refractivity contribution in [2.75, 3.05) is 19.4 Å². The van der Waals surface area contributed by atoms with Crippen LogP contribution in [0.2, 0.25) is 0 Å². The van der Waals surface area contributed by atoms with Gasteiger partial charge in [-0.05, 0) is 37.8 Å². The molecule has 2 rings (SSSR count). The molecule has 1 saturated carbocycles. The number of hydrogen-bond acceptors (Lipinski definition) is 3. The van der Waals surface area contributed by atoms with E-state index in [0.29, 0.717) is 11.6 Å². The minimum atomic E-state index is -0.0129. The van der Waals surface area contributed by atoms with Crippen LogP contribution in [0.4, 0.5) is 5.82 Å². The number of aromatic nitrogens is 1. The number of amides is 1. The second kappa shape index (κ2) is 5.38. The third-order valence-electron chi connectivity index (χ3n) is 3.65. The Bertz CT molecular complexity index is 410. The molecule has 1 aliphatic rings. The summed E-state index contributed by atoms with van der Waals surface area (Å²) in [6, 6.07) is 4.17. The number of pyridine rings is 1. The minimum Gasteiger partial charge on any atom is -0.367 e. The maximum Gasteiger partial charge on any atom is 0.254 e. The Morgan fingerprint density at radius 3 is 2.61 bits per heavy atom. The fourth-order valence-electron chi connectivity index (χ4n) is 2.15. The zero-order valence-corrected chi connectivity index (χ0v) is 11.3. The normalized spacial score (nSPS) is 16.8. The summed E-state index contributed by atoms with van der Waals surface area (Å²) in [5.74, 6) is 1.61. The van der Waals surface area contributed by atoms with Crippen molar-refractivity contribution in [1.82, 2.24) is 9.88 Å². The lowest BCUT2D eigenvalue weighted by molar-refractivity contribution is 0.0827. The molecule has 1 unspecified atom stereocenters. The first-order chi connectivity index (χ1) is 8.58. The van der Waals surface area contributed by atoms with E-state index in [-0.39, 0.29) is 5.91 Å². The summed E-state index contributed by atoms with van der Waals surface area (Å²) >= 11 is 0. The van der Waals surface area contributed by atoms with Crippen LogP contribution in [0.3, 0.4) is 0 Å². The van der Waals surface area contributed by atoms with Crippen molar-refractivity contribution in [1.29, 1.82) is 0 Å². The monoisotopic (exact) mass is 247 g/mol. The molecule has 0 aromatic carbocycles. The summed E-state index contributed by atoms with van der Waals surface area (Å²) in [4.78, 5) is 17.6. The topological polar surface area (TPSA) is 45.2 Å². The van der Waals surface area contributed by atoms with Gasteiger partial charge in [0, 0.05) is 26.3 Å². The van der Waals surface area contributed by atoms with Crippen LogP contribution in [0, 0.1) is 5.92 Å². The first-order valence-electron chi connectivity index (χ1n) is 6.52. The third-order valence-corrected chi connectivity index (χ3v) is 3.65. The molecule has 1 atom stereocenters. The van der Waals surface area contributed by atoms with Gasteiger partial charge in [-0.25, -0.2) is 4.98 Å². The number of nitrogens with zero attached hydrogens (tertiary/aromatic N) is 2. The zero-order chi connectivity index (χ0) is 13.1. The number of anilines is 1. The van der Waals surface area contributed by atoms with E-state index in [2.05, 4.69) is 17.2 Å². The van der Waals surface area contributed by atoms with Gasteiger partial charge in [0.05, 0.1) is 5.56 Å². The summed E-state index contributed by atoms with van der Waals surface area (Å²) in [5.41, 5.74) is 0.627. The third kappa shape index (κ3) is 2.81. The van der Waals surface area contributed by atoms with Gasteiger partial charge in [0.1, 0.15) is 5.82 Å². The Hall–Kier alpha value is -1.58. The molecule has 0 spiro atoms. The lowest BCUT2D eigenvalue weighted by Crippen LogP contribution is -2.31. The minimum absolute atomic E-state index is 0.0129. The summed E-state index contributed by atoms with van der Waals surface area (Å²) in [6.45, 7) is 2.20. The molecule has 0 aliphatic heterocycles. The van der Waals surface area contributed by atoms with E-state index in [1.54, 1.807) is 25.2 Å². The SMILES string of the molecule is CC(Nc1ccc(C(=O)N(C)C)cn1)C1CCC1. The van der Waals surface area contributed by atoms with E-state index in [4.69, 9.17) is 0 Å². The van der Waals surface area contributed by atoms with Crippen molar-refractivity contribution in [3.8, 4) is 0 Å². The van der Waals surface area contributed by atoms with E-state index in [1.165, 1.54) is 19.3 Å². The fraction of sp³-hybridized carbons (Fsp3) is 0.571. The highest BCUT2D eigenvalue weighted by Gasteiger charge is 2.23. The number of carbonyl (C=O) groups excluding carboxylic acids is 1. The van der Waals surface area contributed by atoms with Crippen molar-refractivity contribution in [2.24, 2.45) is 5.92 Å². The maximum absolute atomic E-state index is 11.7. The van der Waals surface area contributed by atoms with Crippen LogP contribution < -0.4 is 5.32 Å². The first kappa shape index (κ1) is 12.9. The average molecular weight is 247 g/mol. The van der Waals surface area contributed by atoms with Crippen molar-refractivity contribution in [2.45, 2.75) is 32.2 Å². The van der Waals surface area contributed by atoms with Gasteiger partial charge < -0.3 is 10.2 Å². The average Bonchev–Trinajstić information content (AvgIpc) is 2.26. The lowest BCUT2D eigenvalue weighted by Gasteiger charge is -2.32. The molecule has 4 nitrogen and oxygen atoms in total. The van der Waals surface area contributed by atoms with Gasteiger partial charge in [0.2, 0.25) is 0 Å². The van der Waals surface area contributed by atoms with E-state index in [9.17, 15) is 4.79 Å². The lowest BCUT2D eigenvalue weighted by atomic mass is 9.80. The molecule has 18 heavy (non-hydrogen) atoms. The van der Waals surface area contributed by atoms with Crippen LogP contribution in [0.15, 0.2) is 18.3 Å². The Morgan fingerprint density at radius 1 is 1.44 bits per heavy atom. The smallest absolute Gasteiger partial charge is 0.254 e. The predicted molar refractivity (Wildman–Crippen MR) is 72.7 cm³/mol. The summed E-state index contributed by atoms with van der Waals surface area (Å²) in [7, 11) is 3.49. The van der Waals surface area contributed by atoms with E-state index in [1.807, 2.05) is 12.1 Å². The Balaban J connectivity index is 1.96. The summed E-state index contributed by atoms with van der Waals surface area (Å²) in [6.07, 6.45) is 5.61. The van der Waals surface area contributed by atoms with Gasteiger partial charge in [-0.3, -0.25) is 4.79 Å². The van der Waals surface area contributed by atoms with Crippen LogP contribution in [0.1, 0.15) is 36.5 Å². The number of hydrogen-bond donors (Lipinski definition) is 1. The van der Waals surface area contributed by atoms with Gasteiger partial charge in [-0.15, -0.1) is 0 Å². The molecule has 1 heterocycles. The zero-order valence-electron chi connectivity index (χ0n) is 11.3. The molecule has 0 saturated heterocycles. The molecule has 1 aromatic rings. The number of nitrogens with one attached hydrogen (secondary N) is 1. The predicted octanol–water partition coefficient (Wildman–Crippen LogP) is 2.38. The molecular formula is C14H21N3O. The highest BCUT2D eigenvalue weighted by Crippen LogP contribution is 2.30. The number of carbonyl (C=O) groups is 1. The molecule has 1 aromatic heterocycles. The largest absolute Gasteiger partial charge is 0.367 e. The van der Waals surface area contributed by atoms with Crippen molar-refractivity contribution in [3.05, 3.63) is 23.9 Å². The quantitative estimate of drug-likeness (QED) is 0.888. The van der Waals surface area contributed by atoms with Gasteiger partial charge in [-0.2, -0.15) is 0 Å². The van der Waals surface area contributed by atoms with E-state index >= 15 is 0 Å². The van der Waals surface area contributed by atoms with Gasteiger partial charge in [-0.1, -0.05) is 6.42 Å². The molecule has 0 radical (unpaired) electrons. The maximum atomic E-state index is 11.7. The molecule has 1 N–H and O–H groups in total. The second-order valence-corrected chi connectivity index (χ2v) is 5.26. The number of rotatable bonds is 4. The van der Waals surface area contributed by atoms with Crippen LogP contribution >= 0.6 is 0 Å². The molecule has 98 valence electrons. The Morgan fingerprint density at radius 2 is 2.17 bits per heavy atom. The van der Waals surface area contributed by atoms with Crippen molar-refractivity contribution in [3.63, 3.8) is 0 Å². The first-order valence-corrected chi connectivity index (χ1v) is 6.52. The van der Waals surface area contributed by atoms with E-state index < -0.39 is 0 Å². The molecule has 1 fully saturated rings. The van der Waals surface area contributed by atoms with Crippen LogP contribution in [-0.2, 0) is 0 Å². The molecule has 4 heteroatoms. The molecule has 0 bridgehead atoms. The molecule has 1 amide bonds. The van der Waals surface area contributed by atoms with Crippen LogP contribution in [0.25, 0.3) is 0 Å². The van der Waals surface area contributed by atoms with Gasteiger partial charge in [0.15, 0.2) is 0 Å².